The molecular weight excluding hydrogens is 260 g/mol. The van der Waals surface area contributed by atoms with Crippen molar-refractivity contribution in [3.05, 3.63) is 35.4 Å². The first-order valence-corrected chi connectivity index (χ1v) is 7.88. The molecule has 0 aliphatic carbocycles. The Morgan fingerprint density at radius 1 is 1.14 bits per heavy atom. The van der Waals surface area contributed by atoms with Gasteiger partial charge in [-0.15, -0.1) is 0 Å². The maximum absolute atomic E-state index is 5.98. The highest BCUT2D eigenvalue weighted by Crippen LogP contribution is 2.25. The zero-order valence-electron chi connectivity index (χ0n) is 14.5. The van der Waals surface area contributed by atoms with E-state index >= 15 is 0 Å². The summed E-state index contributed by atoms with van der Waals surface area (Å²) in [4.78, 5) is 2.27. The summed E-state index contributed by atoms with van der Waals surface area (Å²) in [6.07, 6.45) is 0.279. The van der Waals surface area contributed by atoms with Gasteiger partial charge in [-0.25, -0.2) is 0 Å². The van der Waals surface area contributed by atoms with Gasteiger partial charge in [0.2, 0.25) is 0 Å². The van der Waals surface area contributed by atoms with Crippen LogP contribution in [0.2, 0.25) is 0 Å². The fourth-order valence-corrected chi connectivity index (χ4v) is 2.36. The SMILES string of the molecule is CC(C)OCCN(C)C(CN)c1ccc(C(C)(C)C)cc1. The molecule has 21 heavy (non-hydrogen) atoms. The van der Waals surface area contributed by atoms with Crippen molar-refractivity contribution in [3.8, 4) is 0 Å². The lowest BCUT2D eigenvalue weighted by atomic mass is 9.86. The fourth-order valence-electron chi connectivity index (χ4n) is 2.36. The van der Waals surface area contributed by atoms with Gasteiger partial charge in [0.25, 0.3) is 0 Å². The number of benzene rings is 1. The normalized spacial score (nSPS) is 14.0. The van der Waals surface area contributed by atoms with E-state index in [2.05, 4.69) is 70.8 Å². The molecule has 0 radical (unpaired) electrons. The summed E-state index contributed by atoms with van der Waals surface area (Å²) >= 11 is 0. The van der Waals surface area contributed by atoms with E-state index in [4.69, 9.17) is 10.5 Å². The monoisotopic (exact) mass is 292 g/mol. The molecule has 0 aromatic heterocycles. The first kappa shape index (κ1) is 18.1. The van der Waals surface area contributed by atoms with Crippen molar-refractivity contribution in [1.82, 2.24) is 4.90 Å². The van der Waals surface area contributed by atoms with E-state index in [1.807, 2.05) is 0 Å². The van der Waals surface area contributed by atoms with E-state index in [9.17, 15) is 0 Å². The minimum atomic E-state index is 0.188. The van der Waals surface area contributed by atoms with Crippen molar-refractivity contribution in [2.24, 2.45) is 5.73 Å². The molecule has 1 aromatic rings. The minimum absolute atomic E-state index is 0.188. The highest BCUT2D eigenvalue weighted by Gasteiger charge is 2.17. The molecule has 0 amide bonds. The Kier molecular flexibility index (Phi) is 6.85. The molecule has 0 aliphatic heterocycles. The Bertz CT molecular complexity index is 406. The maximum Gasteiger partial charge on any atom is 0.0597 e. The second-order valence-electron chi connectivity index (χ2n) is 7.02. The van der Waals surface area contributed by atoms with E-state index in [0.29, 0.717) is 6.54 Å². The van der Waals surface area contributed by atoms with Crippen LogP contribution in [0.4, 0.5) is 0 Å². The van der Waals surface area contributed by atoms with Crippen LogP contribution in [0.3, 0.4) is 0 Å². The molecule has 0 fully saturated rings. The molecule has 1 aromatic carbocycles. The molecule has 0 spiro atoms. The quantitative estimate of drug-likeness (QED) is 0.837. The number of likely N-dealkylation sites (N-methyl/N-ethyl adjacent to an activating group) is 1. The maximum atomic E-state index is 5.98. The Morgan fingerprint density at radius 2 is 1.71 bits per heavy atom. The molecule has 0 heterocycles. The third kappa shape index (κ3) is 5.77. The van der Waals surface area contributed by atoms with Gasteiger partial charge in [-0.2, -0.15) is 0 Å². The van der Waals surface area contributed by atoms with Gasteiger partial charge in [-0.05, 0) is 37.4 Å². The van der Waals surface area contributed by atoms with Crippen LogP contribution in [0.15, 0.2) is 24.3 Å². The van der Waals surface area contributed by atoms with Crippen molar-refractivity contribution >= 4 is 0 Å². The lowest BCUT2D eigenvalue weighted by Gasteiger charge is -2.28. The molecule has 0 saturated heterocycles. The van der Waals surface area contributed by atoms with Crippen molar-refractivity contribution in [3.63, 3.8) is 0 Å². The van der Waals surface area contributed by atoms with Gasteiger partial charge >= 0.3 is 0 Å². The lowest BCUT2D eigenvalue weighted by Crippen LogP contribution is -2.33. The van der Waals surface area contributed by atoms with Crippen molar-refractivity contribution in [2.75, 3.05) is 26.7 Å². The third-order valence-corrected chi connectivity index (χ3v) is 3.81. The van der Waals surface area contributed by atoms with Crippen LogP contribution in [0, 0.1) is 0 Å². The zero-order chi connectivity index (χ0) is 16.0. The van der Waals surface area contributed by atoms with E-state index in [0.717, 1.165) is 13.2 Å². The van der Waals surface area contributed by atoms with E-state index in [1.54, 1.807) is 0 Å². The van der Waals surface area contributed by atoms with Gasteiger partial charge in [-0.3, -0.25) is 4.90 Å². The summed E-state index contributed by atoms with van der Waals surface area (Å²) < 4.78 is 5.62. The summed E-state index contributed by atoms with van der Waals surface area (Å²) in [5, 5.41) is 0. The molecule has 0 saturated carbocycles. The van der Waals surface area contributed by atoms with E-state index in [1.165, 1.54) is 11.1 Å². The van der Waals surface area contributed by atoms with Crippen LogP contribution in [-0.2, 0) is 10.2 Å². The van der Waals surface area contributed by atoms with Crippen molar-refractivity contribution in [1.29, 1.82) is 0 Å². The molecule has 2 N–H and O–H groups in total. The van der Waals surface area contributed by atoms with Gasteiger partial charge in [-0.1, -0.05) is 45.0 Å². The third-order valence-electron chi connectivity index (χ3n) is 3.81. The summed E-state index contributed by atoms with van der Waals surface area (Å²) in [5.41, 5.74) is 8.80. The van der Waals surface area contributed by atoms with E-state index in [-0.39, 0.29) is 17.6 Å². The number of hydrogen-bond donors (Lipinski definition) is 1. The van der Waals surface area contributed by atoms with Crippen LogP contribution in [0.25, 0.3) is 0 Å². The average Bonchev–Trinajstić information content (AvgIpc) is 2.38. The van der Waals surface area contributed by atoms with E-state index < -0.39 is 0 Å². The molecule has 1 rings (SSSR count). The van der Waals surface area contributed by atoms with Crippen LogP contribution in [0.1, 0.15) is 51.8 Å². The molecule has 0 aliphatic rings. The van der Waals surface area contributed by atoms with Crippen LogP contribution < -0.4 is 5.73 Å². The Labute approximate surface area is 130 Å². The average molecular weight is 292 g/mol. The van der Waals surface area contributed by atoms with Gasteiger partial charge in [0.1, 0.15) is 0 Å². The van der Waals surface area contributed by atoms with Crippen LogP contribution >= 0.6 is 0 Å². The second-order valence-corrected chi connectivity index (χ2v) is 7.02. The Hall–Kier alpha value is -0.900. The highest BCUT2D eigenvalue weighted by molar-refractivity contribution is 5.29. The molecule has 1 atom stereocenters. The summed E-state index contributed by atoms with van der Waals surface area (Å²) in [6, 6.07) is 9.10. The molecule has 0 bridgehead atoms. The number of nitrogens with zero attached hydrogens (tertiary/aromatic N) is 1. The number of nitrogens with two attached hydrogens (primary N) is 1. The largest absolute Gasteiger partial charge is 0.377 e. The first-order chi connectivity index (χ1) is 9.75. The van der Waals surface area contributed by atoms with Gasteiger partial charge in [0, 0.05) is 19.1 Å². The molecule has 120 valence electrons. The highest BCUT2D eigenvalue weighted by atomic mass is 16.5. The Morgan fingerprint density at radius 3 is 2.14 bits per heavy atom. The van der Waals surface area contributed by atoms with Gasteiger partial charge < -0.3 is 10.5 Å². The van der Waals surface area contributed by atoms with Crippen molar-refractivity contribution in [2.45, 2.75) is 52.2 Å². The van der Waals surface area contributed by atoms with Crippen molar-refractivity contribution < 1.29 is 4.74 Å². The number of ether oxygens (including phenoxy) is 1. The predicted octanol–water partition coefficient (Wildman–Crippen LogP) is 3.34. The minimum Gasteiger partial charge on any atom is -0.377 e. The fraction of sp³-hybridized carbons (Fsp3) is 0.667. The Balaban J connectivity index is 2.71. The molecule has 3 nitrogen and oxygen atoms in total. The summed E-state index contributed by atoms with van der Waals surface area (Å²) in [7, 11) is 2.11. The molecule has 3 heteroatoms. The van der Waals surface area contributed by atoms with Gasteiger partial charge in [0.15, 0.2) is 0 Å². The molecular formula is C18H32N2O. The summed E-state index contributed by atoms with van der Waals surface area (Å²) in [5.74, 6) is 0. The summed E-state index contributed by atoms with van der Waals surface area (Å²) in [6.45, 7) is 13.1. The van der Waals surface area contributed by atoms with Gasteiger partial charge in [0.05, 0.1) is 12.7 Å². The topological polar surface area (TPSA) is 38.5 Å². The molecule has 1 unspecified atom stereocenters. The lowest BCUT2D eigenvalue weighted by molar-refractivity contribution is 0.0564. The second kappa shape index (κ2) is 7.92. The first-order valence-electron chi connectivity index (χ1n) is 7.88. The van der Waals surface area contributed by atoms with Crippen LogP contribution in [0.5, 0.6) is 0 Å². The predicted molar refractivity (Wildman–Crippen MR) is 90.7 cm³/mol. The zero-order valence-corrected chi connectivity index (χ0v) is 14.5. The number of hydrogen-bond acceptors (Lipinski definition) is 3. The smallest absolute Gasteiger partial charge is 0.0597 e. The number of rotatable bonds is 7. The van der Waals surface area contributed by atoms with Crippen LogP contribution in [-0.4, -0.2) is 37.7 Å². The standard InChI is InChI=1S/C18H32N2O/c1-14(2)21-12-11-20(6)17(13-19)15-7-9-16(10-8-15)18(3,4)5/h7-10,14,17H,11-13,19H2,1-6H3.